The normalized spacial score (nSPS) is 11.8. The molecule has 19 heavy (non-hydrogen) atoms. The van der Waals surface area contributed by atoms with Gasteiger partial charge in [-0.3, -0.25) is 9.59 Å². The molecular weight excluding hydrogens is 261 g/mol. The van der Waals surface area contributed by atoms with Crippen molar-refractivity contribution < 1.29 is 22.8 Å². The lowest BCUT2D eigenvalue weighted by Gasteiger charge is -2.11. The second kappa shape index (κ2) is 6.21. The van der Waals surface area contributed by atoms with Crippen LogP contribution in [0.15, 0.2) is 12.1 Å². The minimum atomic E-state index is -1.71. The molecular formula is C12H13F3N2O2. The van der Waals surface area contributed by atoms with E-state index in [1.807, 2.05) is 5.32 Å². The van der Waals surface area contributed by atoms with E-state index in [0.29, 0.717) is 12.5 Å². The molecule has 0 aliphatic heterocycles. The standard InChI is InChI=1S/C12H13F3N2O2/c1-3-6(2)16-11(18)12(19)17-8-5-4-7(13)9(14)10(8)15/h4-6H,3H2,1-2H3,(H,16,18)(H,17,19). The largest absolute Gasteiger partial charge is 0.345 e. The Morgan fingerprint density at radius 2 is 1.79 bits per heavy atom. The van der Waals surface area contributed by atoms with Crippen molar-refractivity contribution in [1.29, 1.82) is 0 Å². The van der Waals surface area contributed by atoms with Gasteiger partial charge in [-0.1, -0.05) is 6.92 Å². The van der Waals surface area contributed by atoms with E-state index in [1.165, 1.54) is 0 Å². The van der Waals surface area contributed by atoms with Gasteiger partial charge in [0.1, 0.15) is 0 Å². The van der Waals surface area contributed by atoms with Crippen LogP contribution < -0.4 is 10.6 Å². The van der Waals surface area contributed by atoms with Crippen LogP contribution in [0.2, 0.25) is 0 Å². The van der Waals surface area contributed by atoms with E-state index in [9.17, 15) is 22.8 Å². The molecule has 104 valence electrons. The molecule has 2 amide bonds. The SMILES string of the molecule is CCC(C)NC(=O)C(=O)Nc1ccc(F)c(F)c1F. The van der Waals surface area contributed by atoms with Crippen LogP contribution in [0, 0.1) is 17.5 Å². The molecule has 0 aromatic heterocycles. The van der Waals surface area contributed by atoms with E-state index >= 15 is 0 Å². The Morgan fingerprint density at radius 1 is 1.16 bits per heavy atom. The molecule has 0 aliphatic rings. The summed E-state index contributed by atoms with van der Waals surface area (Å²) in [5.41, 5.74) is -0.594. The van der Waals surface area contributed by atoms with E-state index in [4.69, 9.17) is 0 Å². The molecule has 0 aliphatic carbocycles. The van der Waals surface area contributed by atoms with Crippen molar-refractivity contribution in [2.24, 2.45) is 0 Å². The van der Waals surface area contributed by atoms with Gasteiger partial charge in [0.25, 0.3) is 0 Å². The number of hydrogen-bond donors (Lipinski definition) is 2. The zero-order valence-electron chi connectivity index (χ0n) is 10.4. The summed E-state index contributed by atoms with van der Waals surface area (Å²) in [6, 6.07) is 1.26. The summed E-state index contributed by atoms with van der Waals surface area (Å²) in [4.78, 5) is 22.8. The van der Waals surface area contributed by atoms with Crippen LogP contribution in [0.4, 0.5) is 18.9 Å². The smallest absolute Gasteiger partial charge is 0.313 e. The lowest BCUT2D eigenvalue weighted by atomic mass is 10.2. The molecule has 0 fully saturated rings. The number of halogens is 3. The van der Waals surface area contributed by atoms with Crippen LogP contribution in [0.1, 0.15) is 20.3 Å². The minimum Gasteiger partial charge on any atom is -0.345 e. The second-order valence-electron chi connectivity index (χ2n) is 3.96. The van der Waals surface area contributed by atoms with Crippen molar-refractivity contribution in [3.63, 3.8) is 0 Å². The fraction of sp³-hybridized carbons (Fsp3) is 0.333. The maximum absolute atomic E-state index is 13.3. The van der Waals surface area contributed by atoms with Gasteiger partial charge in [0.2, 0.25) is 0 Å². The fourth-order valence-corrected chi connectivity index (χ4v) is 1.19. The molecule has 4 nitrogen and oxygen atoms in total. The molecule has 1 rings (SSSR count). The van der Waals surface area contributed by atoms with Gasteiger partial charge in [-0.15, -0.1) is 0 Å². The summed E-state index contributed by atoms with van der Waals surface area (Å²) in [5.74, 6) is -6.76. The molecule has 0 heterocycles. The van der Waals surface area contributed by atoms with Crippen LogP contribution in [0.25, 0.3) is 0 Å². The zero-order valence-corrected chi connectivity index (χ0v) is 10.4. The van der Waals surface area contributed by atoms with Gasteiger partial charge in [-0.05, 0) is 25.5 Å². The van der Waals surface area contributed by atoms with Gasteiger partial charge in [0, 0.05) is 6.04 Å². The van der Waals surface area contributed by atoms with Gasteiger partial charge in [-0.2, -0.15) is 0 Å². The first kappa shape index (κ1) is 15.0. The van der Waals surface area contributed by atoms with Crippen molar-refractivity contribution in [3.8, 4) is 0 Å². The average Bonchev–Trinajstić information content (AvgIpc) is 2.39. The summed E-state index contributed by atoms with van der Waals surface area (Å²) >= 11 is 0. The van der Waals surface area contributed by atoms with E-state index in [0.717, 1.165) is 6.07 Å². The van der Waals surface area contributed by atoms with Gasteiger partial charge in [-0.25, -0.2) is 13.2 Å². The van der Waals surface area contributed by atoms with Gasteiger partial charge < -0.3 is 10.6 Å². The van der Waals surface area contributed by atoms with Crippen LogP contribution in [0.5, 0.6) is 0 Å². The van der Waals surface area contributed by atoms with Crippen molar-refractivity contribution in [2.45, 2.75) is 26.3 Å². The number of amides is 2. The number of hydrogen-bond acceptors (Lipinski definition) is 2. The highest BCUT2D eigenvalue weighted by atomic mass is 19.2. The first-order valence-corrected chi connectivity index (χ1v) is 5.62. The summed E-state index contributed by atoms with van der Waals surface area (Å²) < 4.78 is 38.8. The Labute approximate surface area is 108 Å². The van der Waals surface area contributed by atoms with E-state index in [2.05, 4.69) is 5.32 Å². The molecule has 0 radical (unpaired) electrons. The third-order valence-electron chi connectivity index (χ3n) is 2.48. The maximum atomic E-state index is 13.3. The monoisotopic (exact) mass is 274 g/mol. The van der Waals surface area contributed by atoms with Crippen LogP contribution in [-0.4, -0.2) is 17.9 Å². The molecule has 0 spiro atoms. The Balaban J connectivity index is 2.78. The number of carbonyl (C=O) groups is 2. The lowest BCUT2D eigenvalue weighted by Crippen LogP contribution is -2.40. The molecule has 1 unspecified atom stereocenters. The quantitative estimate of drug-likeness (QED) is 0.654. The third-order valence-corrected chi connectivity index (χ3v) is 2.48. The second-order valence-corrected chi connectivity index (χ2v) is 3.96. The number of nitrogens with one attached hydrogen (secondary N) is 2. The Kier molecular flexibility index (Phi) is 4.91. The minimum absolute atomic E-state index is 0.229. The van der Waals surface area contributed by atoms with Crippen molar-refractivity contribution >= 4 is 17.5 Å². The zero-order chi connectivity index (χ0) is 14.6. The predicted octanol–water partition coefficient (Wildman–Crippen LogP) is 1.96. The van der Waals surface area contributed by atoms with Crippen molar-refractivity contribution in [1.82, 2.24) is 5.32 Å². The highest BCUT2D eigenvalue weighted by molar-refractivity contribution is 6.39. The first-order valence-electron chi connectivity index (χ1n) is 5.62. The maximum Gasteiger partial charge on any atom is 0.313 e. The molecule has 1 atom stereocenters. The van der Waals surface area contributed by atoms with Crippen molar-refractivity contribution in [3.05, 3.63) is 29.6 Å². The molecule has 1 aromatic rings. The number of anilines is 1. The fourth-order valence-electron chi connectivity index (χ4n) is 1.19. The van der Waals surface area contributed by atoms with Crippen molar-refractivity contribution in [2.75, 3.05) is 5.32 Å². The van der Waals surface area contributed by atoms with Gasteiger partial charge in [0.05, 0.1) is 5.69 Å². The molecule has 7 heteroatoms. The summed E-state index contributed by atoms with van der Waals surface area (Å²) in [5, 5.41) is 4.23. The molecule has 0 saturated heterocycles. The number of carbonyl (C=O) groups excluding carboxylic acids is 2. The summed E-state index contributed by atoms with van der Waals surface area (Å²) in [6.45, 7) is 3.49. The van der Waals surface area contributed by atoms with E-state index in [-0.39, 0.29) is 6.04 Å². The van der Waals surface area contributed by atoms with Gasteiger partial charge >= 0.3 is 11.8 Å². The van der Waals surface area contributed by atoms with E-state index in [1.54, 1.807) is 13.8 Å². The highest BCUT2D eigenvalue weighted by Gasteiger charge is 2.19. The molecule has 1 aromatic carbocycles. The van der Waals surface area contributed by atoms with Crippen LogP contribution in [0.3, 0.4) is 0 Å². The van der Waals surface area contributed by atoms with Crippen LogP contribution >= 0.6 is 0 Å². The topological polar surface area (TPSA) is 58.2 Å². The third kappa shape index (κ3) is 3.70. The van der Waals surface area contributed by atoms with Gasteiger partial charge in [0.15, 0.2) is 17.5 Å². The highest BCUT2D eigenvalue weighted by Crippen LogP contribution is 2.19. The average molecular weight is 274 g/mol. The lowest BCUT2D eigenvalue weighted by molar-refractivity contribution is -0.136. The Morgan fingerprint density at radius 3 is 2.37 bits per heavy atom. The Bertz CT molecular complexity index is 506. The first-order chi connectivity index (χ1) is 8.86. The van der Waals surface area contributed by atoms with E-state index < -0.39 is 35.0 Å². The van der Waals surface area contributed by atoms with Crippen LogP contribution in [-0.2, 0) is 9.59 Å². The summed E-state index contributed by atoms with van der Waals surface area (Å²) in [6.07, 6.45) is 0.610. The predicted molar refractivity (Wildman–Crippen MR) is 62.8 cm³/mol. The molecule has 2 N–H and O–H groups in total. The number of benzene rings is 1. The Hall–Kier alpha value is -2.05. The summed E-state index contributed by atoms with van der Waals surface area (Å²) in [7, 11) is 0. The molecule has 0 bridgehead atoms. The molecule has 0 saturated carbocycles. The number of rotatable bonds is 3.